The highest BCUT2D eigenvalue weighted by Gasteiger charge is 2.20. The number of pyridine rings is 1. The zero-order chi connectivity index (χ0) is 22.9. The van der Waals surface area contributed by atoms with Gasteiger partial charge in [-0.05, 0) is 29.8 Å². The number of nitriles is 1. The molecule has 0 bridgehead atoms. The molecular formula is C23H18FN7O2. The van der Waals surface area contributed by atoms with Crippen molar-refractivity contribution in [2.45, 2.75) is 19.9 Å². The summed E-state index contributed by atoms with van der Waals surface area (Å²) >= 11 is 0. The third kappa shape index (κ3) is 3.80. The number of benzene rings is 1. The third-order valence-electron chi connectivity index (χ3n) is 5.34. The van der Waals surface area contributed by atoms with Gasteiger partial charge in [-0.25, -0.2) is 19.3 Å². The fourth-order valence-electron chi connectivity index (χ4n) is 3.89. The lowest BCUT2D eigenvalue weighted by Gasteiger charge is -2.13. The van der Waals surface area contributed by atoms with Crippen LogP contribution >= 0.6 is 0 Å². The van der Waals surface area contributed by atoms with E-state index in [0.717, 1.165) is 11.1 Å². The smallest absolute Gasteiger partial charge is 0.222 e. The van der Waals surface area contributed by atoms with Crippen molar-refractivity contribution >= 4 is 23.3 Å². The Labute approximate surface area is 187 Å². The van der Waals surface area contributed by atoms with Crippen LogP contribution in [0, 0.1) is 17.1 Å². The number of anilines is 2. The van der Waals surface area contributed by atoms with E-state index >= 15 is 0 Å². The number of hydrogen-bond donors (Lipinski definition) is 2. The zero-order valence-corrected chi connectivity index (χ0v) is 17.6. The van der Waals surface area contributed by atoms with E-state index in [1.54, 1.807) is 41.2 Å². The van der Waals surface area contributed by atoms with Gasteiger partial charge in [0.05, 0.1) is 12.8 Å². The second-order valence-corrected chi connectivity index (χ2v) is 7.49. The second kappa shape index (κ2) is 8.20. The average molecular weight is 443 g/mol. The quantitative estimate of drug-likeness (QED) is 0.486. The Morgan fingerprint density at radius 2 is 2.21 bits per heavy atom. The van der Waals surface area contributed by atoms with Gasteiger partial charge in [0.1, 0.15) is 23.5 Å². The van der Waals surface area contributed by atoms with Crippen molar-refractivity contribution in [3.05, 3.63) is 65.5 Å². The van der Waals surface area contributed by atoms with Gasteiger partial charge in [-0.3, -0.25) is 9.20 Å². The summed E-state index contributed by atoms with van der Waals surface area (Å²) in [6, 6.07) is 8.55. The molecule has 0 atom stereocenters. The number of ether oxygens (including phenoxy) is 1. The molecule has 0 radical (unpaired) electrons. The maximum Gasteiger partial charge on any atom is 0.222 e. The van der Waals surface area contributed by atoms with Crippen molar-refractivity contribution in [2.24, 2.45) is 0 Å². The van der Waals surface area contributed by atoms with Crippen LogP contribution in [-0.2, 0) is 17.8 Å². The Morgan fingerprint density at radius 1 is 1.33 bits per heavy atom. The minimum Gasteiger partial charge on any atom is -0.493 e. The normalized spacial score (nSPS) is 12.2. The van der Waals surface area contributed by atoms with Crippen LogP contribution in [0.2, 0.25) is 0 Å². The van der Waals surface area contributed by atoms with Gasteiger partial charge < -0.3 is 15.4 Å². The molecule has 0 spiro atoms. The Morgan fingerprint density at radius 3 is 3.03 bits per heavy atom. The zero-order valence-electron chi connectivity index (χ0n) is 17.6. The van der Waals surface area contributed by atoms with E-state index < -0.39 is 0 Å². The van der Waals surface area contributed by atoms with Gasteiger partial charge in [0.25, 0.3) is 0 Å². The molecule has 9 nitrogen and oxygen atoms in total. The summed E-state index contributed by atoms with van der Waals surface area (Å²) < 4.78 is 21.7. The first-order valence-corrected chi connectivity index (χ1v) is 10.2. The maximum absolute atomic E-state index is 14.5. The van der Waals surface area contributed by atoms with Gasteiger partial charge in [0, 0.05) is 49.0 Å². The molecule has 1 aliphatic heterocycles. The molecular weight excluding hydrogens is 425 g/mol. The van der Waals surface area contributed by atoms with Crippen LogP contribution in [0.25, 0.3) is 16.8 Å². The summed E-state index contributed by atoms with van der Waals surface area (Å²) in [5, 5.41) is 15.2. The molecule has 0 fully saturated rings. The number of rotatable bonds is 5. The van der Waals surface area contributed by atoms with E-state index in [2.05, 4.69) is 25.6 Å². The molecule has 1 aromatic carbocycles. The molecule has 10 heteroatoms. The van der Waals surface area contributed by atoms with Crippen LogP contribution in [-0.4, -0.2) is 31.9 Å². The Bertz CT molecular complexity index is 1440. The molecule has 1 aliphatic rings. The fourth-order valence-corrected chi connectivity index (χ4v) is 3.89. The van der Waals surface area contributed by atoms with Crippen molar-refractivity contribution in [3.63, 3.8) is 0 Å². The third-order valence-corrected chi connectivity index (χ3v) is 5.34. The van der Waals surface area contributed by atoms with Crippen molar-refractivity contribution in [2.75, 3.05) is 17.2 Å². The Hall–Kier alpha value is -4.52. The topological polar surface area (TPSA) is 117 Å². The fraction of sp³-hybridized carbons (Fsp3) is 0.174. The molecule has 0 unspecified atom stereocenters. The average Bonchev–Trinajstić information content (AvgIpc) is 3.45. The van der Waals surface area contributed by atoms with E-state index in [-0.39, 0.29) is 24.0 Å². The summed E-state index contributed by atoms with van der Waals surface area (Å²) in [4.78, 5) is 24.4. The van der Waals surface area contributed by atoms with Crippen LogP contribution in [0.15, 0.2) is 42.9 Å². The van der Waals surface area contributed by atoms with E-state index in [1.165, 1.54) is 13.0 Å². The number of hydrogen-bond acceptors (Lipinski definition) is 7. The summed E-state index contributed by atoms with van der Waals surface area (Å²) in [6.45, 7) is 2.13. The van der Waals surface area contributed by atoms with Gasteiger partial charge in [-0.1, -0.05) is 0 Å². The van der Waals surface area contributed by atoms with E-state index in [1.807, 2.05) is 6.07 Å². The number of carbonyl (C=O) groups is 1. The van der Waals surface area contributed by atoms with Crippen LogP contribution in [0.5, 0.6) is 5.75 Å². The number of carbonyl (C=O) groups excluding carboxylic acids is 1. The van der Waals surface area contributed by atoms with Crippen molar-refractivity contribution in [1.82, 2.24) is 19.4 Å². The summed E-state index contributed by atoms with van der Waals surface area (Å²) in [5.41, 5.74) is 3.45. The molecule has 33 heavy (non-hydrogen) atoms. The summed E-state index contributed by atoms with van der Waals surface area (Å²) in [6.07, 6.45) is 5.40. The first-order valence-electron chi connectivity index (χ1n) is 10.2. The van der Waals surface area contributed by atoms with Crippen LogP contribution < -0.4 is 15.4 Å². The molecule has 1 amide bonds. The molecule has 0 saturated heterocycles. The van der Waals surface area contributed by atoms with Gasteiger partial charge in [-0.15, -0.1) is 0 Å². The predicted octanol–water partition coefficient (Wildman–Crippen LogP) is 3.31. The van der Waals surface area contributed by atoms with Gasteiger partial charge >= 0.3 is 0 Å². The summed E-state index contributed by atoms with van der Waals surface area (Å²) in [5.74, 6) is 0.951. The predicted molar refractivity (Wildman–Crippen MR) is 118 cm³/mol. The molecule has 164 valence electrons. The largest absolute Gasteiger partial charge is 0.493 e. The standard InChI is InChI=1S/C23H18FN7O2/c1-13(32)29-21-8-14(4-6-26-21)17-10-27-23(31-12-15(9-25)30-22(17)31)28-11-18-16-5-7-33-20(16)3-2-19(18)24/h2-4,6,8,10,12H,5,7,11H2,1H3,(H,27,28)(H,26,29,32). The van der Waals surface area contributed by atoms with E-state index in [9.17, 15) is 14.4 Å². The van der Waals surface area contributed by atoms with Crippen molar-refractivity contribution in [3.8, 4) is 22.9 Å². The van der Waals surface area contributed by atoms with Crippen LogP contribution in [0.4, 0.5) is 16.2 Å². The minimum absolute atomic E-state index is 0.196. The number of nitrogens with one attached hydrogen (secondary N) is 2. The molecule has 2 N–H and O–H groups in total. The van der Waals surface area contributed by atoms with Gasteiger partial charge in [0.2, 0.25) is 11.9 Å². The van der Waals surface area contributed by atoms with E-state index in [4.69, 9.17) is 4.74 Å². The first kappa shape index (κ1) is 20.4. The molecule has 4 aromatic rings. The molecule has 3 aromatic heterocycles. The van der Waals surface area contributed by atoms with Gasteiger partial charge in [0.15, 0.2) is 11.3 Å². The highest BCUT2D eigenvalue weighted by molar-refractivity contribution is 5.89. The molecule has 4 heterocycles. The van der Waals surface area contributed by atoms with Gasteiger partial charge in [-0.2, -0.15) is 5.26 Å². The van der Waals surface area contributed by atoms with Crippen molar-refractivity contribution < 1.29 is 13.9 Å². The van der Waals surface area contributed by atoms with Crippen molar-refractivity contribution in [1.29, 1.82) is 5.26 Å². The Kier molecular flexibility index (Phi) is 5.06. The lowest BCUT2D eigenvalue weighted by molar-refractivity contribution is -0.114. The molecule has 0 aliphatic carbocycles. The number of amides is 1. The highest BCUT2D eigenvalue weighted by atomic mass is 19.1. The Balaban J connectivity index is 1.53. The lowest BCUT2D eigenvalue weighted by atomic mass is 10.0. The summed E-state index contributed by atoms with van der Waals surface area (Å²) in [7, 11) is 0. The lowest BCUT2D eigenvalue weighted by Crippen LogP contribution is -2.10. The number of nitrogens with zero attached hydrogens (tertiary/aromatic N) is 5. The SMILES string of the molecule is CC(=O)Nc1cc(-c2cnc(NCc3c(F)ccc4c3CCO4)n3cc(C#N)nc23)ccn1. The highest BCUT2D eigenvalue weighted by Crippen LogP contribution is 2.31. The molecule has 5 rings (SSSR count). The van der Waals surface area contributed by atoms with Crippen LogP contribution in [0.1, 0.15) is 23.7 Å². The number of imidazole rings is 1. The van der Waals surface area contributed by atoms with Crippen LogP contribution in [0.3, 0.4) is 0 Å². The monoisotopic (exact) mass is 443 g/mol. The number of aromatic nitrogens is 4. The number of fused-ring (bicyclic) bond motifs is 2. The minimum atomic E-state index is -0.315. The maximum atomic E-state index is 14.5. The first-order chi connectivity index (χ1) is 16.0. The second-order valence-electron chi connectivity index (χ2n) is 7.49. The molecule has 0 saturated carbocycles. The number of halogens is 1. The van der Waals surface area contributed by atoms with E-state index in [0.29, 0.717) is 47.3 Å².